The van der Waals surface area contributed by atoms with Crippen molar-refractivity contribution in [2.75, 3.05) is 17.2 Å². The fraction of sp³-hybridized carbons (Fsp3) is 0.160. The number of anilines is 2. The molecule has 0 saturated carbocycles. The second kappa shape index (κ2) is 7.76. The average molecular weight is 443 g/mol. The second-order valence-electron chi connectivity index (χ2n) is 7.99. The highest BCUT2D eigenvalue weighted by atomic mass is 32.1. The van der Waals surface area contributed by atoms with Crippen molar-refractivity contribution < 1.29 is 9.59 Å². The molecular weight excluding hydrogens is 420 g/mol. The number of carbonyl (C=O) groups is 2. The summed E-state index contributed by atoms with van der Waals surface area (Å²) in [6.07, 6.45) is 1.25. The molecule has 1 aliphatic rings. The van der Waals surface area contributed by atoms with Crippen molar-refractivity contribution >= 4 is 55.5 Å². The Morgan fingerprint density at radius 3 is 2.91 bits per heavy atom. The molecule has 2 aromatic carbocycles. The highest BCUT2D eigenvalue weighted by molar-refractivity contribution is 7.21. The molecule has 1 atom stereocenters. The van der Waals surface area contributed by atoms with Crippen LogP contribution in [0, 0.1) is 6.92 Å². The number of fused-ring (bicyclic) bond motifs is 5. The molecule has 0 fully saturated rings. The lowest BCUT2D eigenvalue weighted by Crippen LogP contribution is -2.34. The Balaban J connectivity index is 1.62. The van der Waals surface area contributed by atoms with Gasteiger partial charge in [-0.05, 0) is 55.8 Å². The van der Waals surface area contributed by atoms with Gasteiger partial charge in [-0.2, -0.15) is 0 Å². The summed E-state index contributed by atoms with van der Waals surface area (Å²) in [5.41, 5.74) is 5.16. The predicted octanol–water partition coefficient (Wildman–Crippen LogP) is 5.09. The third kappa shape index (κ3) is 3.40. The lowest BCUT2D eigenvalue weighted by molar-refractivity contribution is -0.111. The molecule has 0 unspecified atom stereocenters. The van der Waals surface area contributed by atoms with Crippen LogP contribution in [0.1, 0.15) is 22.2 Å². The van der Waals surface area contributed by atoms with Gasteiger partial charge < -0.3 is 16.0 Å². The van der Waals surface area contributed by atoms with Crippen molar-refractivity contribution in [1.82, 2.24) is 10.3 Å². The summed E-state index contributed by atoms with van der Waals surface area (Å²) < 4.78 is 1.05. The summed E-state index contributed by atoms with van der Waals surface area (Å²) in [6.45, 7) is 8.12. The zero-order chi connectivity index (χ0) is 22.4. The van der Waals surface area contributed by atoms with Gasteiger partial charge in [-0.3, -0.25) is 9.59 Å². The van der Waals surface area contributed by atoms with Gasteiger partial charge in [0.15, 0.2) is 0 Å². The minimum atomic E-state index is -0.247. The fourth-order valence-electron chi connectivity index (χ4n) is 3.99. The van der Waals surface area contributed by atoms with Crippen LogP contribution >= 0.6 is 11.3 Å². The molecule has 5 rings (SSSR count). The van der Waals surface area contributed by atoms with Crippen LogP contribution in [0.15, 0.2) is 55.1 Å². The topological polar surface area (TPSA) is 83.1 Å². The number of rotatable bonds is 3. The minimum absolute atomic E-state index is 0.0369. The standard InChI is InChI=1S/C25H22N4O2S/c1-4-21(30)29-19-11-15(6-5-13(19)2)17-8-7-16-18(28-17)9-10-20-22(16)23-24(32-20)25(31)27-14(3)12-26-23/h4-11,14,26H,1,12H2,2-3H3,(H,27,31)(H,29,30)/t14-/m1/s1. The molecule has 160 valence electrons. The first kappa shape index (κ1) is 20.2. The highest BCUT2D eigenvalue weighted by Crippen LogP contribution is 2.41. The number of aryl methyl sites for hydroxylation is 1. The Morgan fingerprint density at radius 1 is 1.25 bits per heavy atom. The van der Waals surface area contributed by atoms with E-state index in [1.165, 1.54) is 17.4 Å². The molecule has 0 aliphatic carbocycles. The molecule has 7 heteroatoms. The molecule has 0 bridgehead atoms. The van der Waals surface area contributed by atoms with Gasteiger partial charge in [0.05, 0.1) is 16.9 Å². The van der Waals surface area contributed by atoms with Crippen LogP contribution in [-0.4, -0.2) is 29.4 Å². The van der Waals surface area contributed by atoms with Crippen LogP contribution in [-0.2, 0) is 4.79 Å². The number of hydrogen-bond donors (Lipinski definition) is 3. The zero-order valence-electron chi connectivity index (χ0n) is 17.8. The molecule has 32 heavy (non-hydrogen) atoms. The monoisotopic (exact) mass is 442 g/mol. The number of amides is 2. The molecule has 4 aromatic rings. The van der Waals surface area contributed by atoms with Crippen molar-refractivity contribution in [1.29, 1.82) is 0 Å². The number of nitrogens with zero attached hydrogens (tertiary/aromatic N) is 1. The third-order valence-electron chi connectivity index (χ3n) is 5.67. The molecule has 0 saturated heterocycles. The van der Waals surface area contributed by atoms with Gasteiger partial charge in [0.2, 0.25) is 5.91 Å². The quantitative estimate of drug-likeness (QED) is 0.386. The van der Waals surface area contributed by atoms with E-state index in [2.05, 4.69) is 28.6 Å². The molecule has 1 aliphatic heterocycles. The Labute approximate surface area is 189 Å². The largest absolute Gasteiger partial charge is 0.381 e. The summed E-state index contributed by atoms with van der Waals surface area (Å²) in [4.78, 5) is 30.0. The van der Waals surface area contributed by atoms with Crippen LogP contribution in [0.25, 0.3) is 32.2 Å². The van der Waals surface area contributed by atoms with E-state index in [1.807, 2.05) is 50.2 Å². The van der Waals surface area contributed by atoms with Crippen molar-refractivity contribution in [2.45, 2.75) is 19.9 Å². The molecule has 6 nitrogen and oxygen atoms in total. The van der Waals surface area contributed by atoms with Crippen LogP contribution in [0.4, 0.5) is 11.4 Å². The Hall–Kier alpha value is -3.71. The predicted molar refractivity (Wildman–Crippen MR) is 132 cm³/mol. The number of carbonyl (C=O) groups excluding carboxylic acids is 2. The number of nitrogens with one attached hydrogen (secondary N) is 3. The lowest BCUT2D eigenvalue weighted by Gasteiger charge is -2.11. The van der Waals surface area contributed by atoms with Crippen molar-refractivity contribution in [3.8, 4) is 11.3 Å². The highest BCUT2D eigenvalue weighted by Gasteiger charge is 2.24. The molecule has 2 amide bonds. The molecule has 0 spiro atoms. The minimum Gasteiger partial charge on any atom is -0.381 e. The smallest absolute Gasteiger partial charge is 0.263 e. The first-order valence-electron chi connectivity index (χ1n) is 10.4. The van der Waals surface area contributed by atoms with Crippen molar-refractivity contribution in [2.24, 2.45) is 0 Å². The van der Waals surface area contributed by atoms with E-state index in [9.17, 15) is 9.59 Å². The maximum absolute atomic E-state index is 12.6. The number of aromatic nitrogens is 1. The first-order valence-corrected chi connectivity index (χ1v) is 11.2. The molecular formula is C25H22N4O2S. The zero-order valence-corrected chi connectivity index (χ0v) is 18.6. The van der Waals surface area contributed by atoms with Gasteiger partial charge in [-0.25, -0.2) is 4.98 Å². The fourth-order valence-corrected chi connectivity index (χ4v) is 5.08. The van der Waals surface area contributed by atoms with Gasteiger partial charge >= 0.3 is 0 Å². The van der Waals surface area contributed by atoms with E-state index < -0.39 is 0 Å². The summed E-state index contributed by atoms with van der Waals surface area (Å²) in [5, 5.41) is 11.4. The van der Waals surface area contributed by atoms with E-state index in [0.717, 1.165) is 49.2 Å². The summed E-state index contributed by atoms with van der Waals surface area (Å²) in [7, 11) is 0. The normalized spacial score (nSPS) is 15.6. The average Bonchev–Trinajstić information content (AvgIpc) is 3.11. The number of pyridine rings is 1. The Bertz CT molecular complexity index is 1420. The van der Waals surface area contributed by atoms with E-state index in [-0.39, 0.29) is 17.9 Å². The van der Waals surface area contributed by atoms with Crippen LogP contribution in [0.3, 0.4) is 0 Å². The number of benzene rings is 2. The maximum atomic E-state index is 12.6. The SMILES string of the molecule is C=CC(=O)Nc1cc(-c2ccc3c(ccc4sc5c(c43)NC[C@@H](C)NC5=O)n2)ccc1C. The Kier molecular flexibility index (Phi) is 4.90. The van der Waals surface area contributed by atoms with Crippen LogP contribution in [0.5, 0.6) is 0 Å². The molecule has 3 N–H and O–H groups in total. The van der Waals surface area contributed by atoms with E-state index in [1.54, 1.807) is 0 Å². The lowest BCUT2D eigenvalue weighted by atomic mass is 10.0. The van der Waals surface area contributed by atoms with Crippen molar-refractivity contribution in [3.05, 3.63) is 65.6 Å². The van der Waals surface area contributed by atoms with Gasteiger partial charge in [-0.1, -0.05) is 18.7 Å². The van der Waals surface area contributed by atoms with E-state index in [4.69, 9.17) is 4.98 Å². The molecule has 2 aromatic heterocycles. The van der Waals surface area contributed by atoms with Gasteiger partial charge in [0.25, 0.3) is 5.91 Å². The van der Waals surface area contributed by atoms with Crippen LogP contribution in [0.2, 0.25) is 0 Å². The summed E-state index contributed by atoms with van der Waals surface area (Å²) in [5.74, 6) is -0.284. The Morgan fingerprint density at radius 2 is 2.09 bits per heavy atom. The summed E-state index contributed by atoms with van der Waals surface area (Å²) >= 11 is 1.50. The number of hydrogen-bond acceptors (Lipinski definition) is 5. The maximum Gasteiger partial charge on any atom is 0.263 e. The van der Waals surface area contributed by atoms with Gasteiger partial charge in [-0.15, -0.1) is 11.3 Å². The third-order valence-corrected chi connectivity index (χ3v) is 6.82. The summed E-state index contributed by atoms with van der Waals surface area (Å²) in [6, 6.07) is 14.0. The van der Waals surface area contributed by atoms with Crippen molar-refractivity contribution in [3.63, 3.8) is 0 Å². The second-order valence-corrected chi connectivity index (χ2v) is 9.04. The first-order chi connectivity index (χ1) is 15.4. The molecule has 0 radical (unpaired) electrons. The van der Waals surface area contributed by atoms with Gasteiger partial charge in [0, 0.05) is 39.3 Å². The van der Waals surface area contributed by atoms with E-state index in [0.29, 0.717) is 11.4 Å². The number of thiophene rings is 1. The van der Waals surface area contributed by atoms with E-state index >= 15 is 0 Å². The van der Waals surface area contributed by atoms with Crippen LogP contribution < -0.4 is 16.0 Å². The van der Waals surface area contributed by atoms with Gasteiger partial charge in [0.1, 0.15) is 4.88 Å². The molecule has 3 heterocycles.